The lowest BCUT2D eigenvalue weighted by Crippen LogP contribution is -2.35. The van der Waals surface area contributed by atoms with Crippen molar-refractivity contribution in [3.63, 3.8) is 0 Å². The van der Waals surface area contributed by atoms with Crippen LogP contribution in [0.15, 0.2) is 6.07 Å². The van der Waals surface area contributed by atoms with Crippen LogP contribution >= 0.6 is 0 Å². The predicted molar refractivity (Wildman–Crippen MR) is 79.0 cm³/mol. The van der Waals surface area contributed by atoms with E-state index in [-0.39, 0.29) is 18.8 Å². The van der Waals surface area contributed by atoms with Crippen molar-refractivity contribution in [2.75, 3.05) is 11.9 Å². The minimum atomic E-state index is 0.0945. The lowest BCUT2D eigenvalue weighted by atomic mass is 9.85. The van der Waals surface area contributed by atoms with Gasteiger partial charge in [0.1, 0.15) is 0 Å². The van der Waals surface area contributed by atoms with Gasteiger partial charge < -0.3 is 15.2 Å². The zero-order valence-corrected chi connectivity index (χ0v) is 12.6. The molecule has 1 fully saturated rings. The number of rotatable bonds is 5. The third kappa shape index (κ3) is 4.07. The Labute approximate surface area is 120 Å². The average molecular weight is 279 g/mol. The summed E-state index contributed by atoms with van der Waals surface area (Å²) in [4.78, 5) is 8.83. The van der Waals surface area contributed by atoms with E-state index in [1.54, 1.807) is 0 Å². The first-order chi connectivity index (χ1) is 9.58. The van der Waals surface area contributed by atoms with Crippen molar-refractivity contribution in [1.82, 2.24) is 9.97 Å². The fourth-order valence-corrected chi connectivity index (χ4v) is 2.69. The summed E-state index contributed by atoms with van der Waals surface area (Å²) in [5.74, 6) is 1.50. The van der Waals surface area contributed by atoms with E-state index in [4.69, 9.17) is 4.74 Å². The summed E-state index contributed by atoms with van der Waals surface area (Å²) < 4.78 is 5.64. The summed E-state index contributed by atoms with van der Waals surface area (Å²) in [6.07, 6.45) is 4.60. The Bertz CT molecular complexity index is 437. The number of ether oxygens (including phenoxy) is 1. The molecule has 2 N–H and O–H groups in total. The fraction of sp³-hybridized carbons (Fsp3) is 0.733. The standard InChI is InChI=1S/C15H25N3O2/c1-10(2)20-14-8-11(3)16-15(18-14)17-13-7-5-4-6-12(13)9-19/h8,10,12-13,19H,4-7,9H2,1-3H3,(H,16,17,18). The van der Waals surface area contributed by atoms with Crippen LogP contribution in [0.3, 0.4) is 0 Å². The summed E-state index contributed by atoms with van der Waals surface area (Å²) in [5, 5.41) is 12.8. The summed E-state index contributed by atoms with van der Waals surface area (Å²) in [6.45, 7) is 6.12. The fourth-order valence-electron chi connectivity index (χ4n) is 2.69. The highest BCUT2D eigenvalue weighted by Crippen LogP contribution is 2.26. The summed E-state index contributed by atoms with van der Waals surface area (Å²) in [5.41, 5.74) is 0.884. The maximum absolute atomic E-state index is 9.46. The quantitative estimate of drug-likeness (QED) is 0.867. The number of aromatic nitrogens is 2. The second kappa shape index (κ2) is 6.88. The second-order valence-corrected chi connectivity index (χ2v) is 5.82. The number of nitrogens with one attached hydrogen (secondary N) is 1. The number of aliphatic hydroxyl groups excluding tert-OH is 1. The zero-order valence-electron chi connectivity index (χ0n) is 12.6. The van der Waals surface area contributed by atoms with Crippen LogP contribution in [-0.4, -0.2) is 33.8 Å². The smallest absolute Gasteiger partial charge is 0.226 e. The van der Waals surface area contributed by atoms with Gasteiger partial charge >= 0.3 is 0 Å². The number of anilines is 1. The molecule has 0 aromatic carbocycles. The Morgan fingerprint density at radius 1 is 1.35 bits per heavy atom. The Kier molecular flexibility index (Phi) is 5.17. The van der Waals surface area contributed by atoms with Crippen LogP contribution in [-0.2, 0) is 0 Å². The topological polar surface area (TPSA) is 67.3 Å². The van der Waals surface area contributed by atoms with Gasteiger partial charge in [-0.05, 0) is 33.6 Å². The molecule has 1 saturated carbocycles. The molecule has 2 rings (SSSR count). The van der Waals surface area contributed by atoms with Gasteiger partial charge in [-0.2, -0.15) is 4.98 Å². The maximum atomic E-state index is 9.46. The van der Waals surface area contributed by atoms with E-state index in [9.17, 15) is 5.11 Å². The van der Waals surface area contributed by atoms with Gasteiger partial charge in [-0.3, -0.25) is 0 Å². The van der Waals surface area contributed by atoms with Crippen LogP contribution in [0.2, 0.25) is 0 Å². The normalized spacial score (nSPS) is 22.9. The molecule has 0 bridgehead atoms. The zero-order chi connectivity index (χ0) is 14.5. The van der Waals surface area contributed by atoms with Crippen LogP contribution in [0.1, 0.15) is 45.2 Å². The third-order valence-corrected chi connectivity index (χ3v) is 3.65. The third-order valence-electron chi connectivity index (χ3n) is 3.65. The molecule has 20 heavy (non-hydrogen) atoms. The number of hydrogen-bond acceptors (Lipinski definition) is 5. The molecule has 1 aromatic rings. The summed E-state index contributed by atoms with van der Waals surface area (Å²) >= 11 is 0. The number of aryl methyl sites for hydroxylation is 1. The van der Waals surface area contributed by atoms with Crippen molar-refractivity contribution in [2.24, 2.45) is 5.92 Å². The van der Waals surface area contributed by atoms with Crippen LogP contribution in [0, 0.1) is 12.8 Å². The van der Waals surface area contributed by atoms with Crippen molar-refractivity contribution >= 4 is 5.95 Å². The molecule has 0 amide bonds. The molecule has 5 heteroatoms. The minimum absolute atomic E-state index is 0.0945. The maximum Gasteiger partial charge on any atom is 0.226 e. The van der Waals surface area contributed by atoms with Gasteiger partial charge in [0.25, 0.3) is 0 Å². The van der Waals surface area contributed by atoms with Crippen LogP contribution in [0.5, 0.6) is 5.88 Å². The van der Waals surface area contributed by atoms with Gasteiger partial charge in [0.05, 0.1) is 6.10 Å². The molecule has 1 heterocycles. The number of aliphatic hydroxyl groups is 1. The predicted octanol–water partition coefficient (Wildman–Crippen LogP) is 2.54. The molecule has 0 spiro atoms. The van der Waals surface area contributed by atoms with Crippen LogP contribution < -0.4 is 10.1 Å². The summed E-state index contributed by atoms with van der Waals surface area (Å²) in [7, 11) is 0. The van der Waals surface area contributed by atoms with Crippen LogP contribution in [0.4, 0.5) is 5.95 Å². The highest BCUT2D eigenvalue weighted by molar-refractivity contribution is 5.32. The van der Waals surface area contributed by atoms with Crippen molar-refractivity contribution in [2.45, 2.75) is 58.6 Å². The Balaban J connectivity index is 2.09. The molecule has 1 aliphatic rings. The van der Waals surface area contributed by atoms with E-state index in [0.29, 0.717) is 17.7 Å². The molecule has 0 saturated heterocycles. The van der Waals surface area contributed by atoms with Gasteiger partial charge in [-0.1, -0.05) is 12.8 Å². The van der Waals surface area contributed by atoms with Crippen molar-refractivity contribution < 1.29 is 9.84 Å². The Morgan fingerprint density at radius 2 is 2.10 bits per heavy atom. The Morgan fingerprint density at radius 3 is 2.80 bits per heavy atom. The SMILES string of the molecule is Cc1cc(OC(C)C)nc(NC2CCCCC2CO)n1. The minimum Gasteiger partial charge on any atom is -0.475 e. The molecule has 0 aliphatic heterocycles. The second-order valence-electron chi connectivity index (χ2n) is 5.82. The molecular formula is C15H25N3O2. The molecule has 2 unspecified atom stereocenters. The lowest BCUT2D eigenvalue weighted by molar-refractivity contribution is 0.177. The number of hydrogen-bond donors (Lipinski definition) is 2. The van der Waals surface area contributed by atoms with Crippen LogP contribution in [0.25, 0.3) is 0 Å². The van der Waals surface area contributed by atoms with E-state index >= 15 is 0 Å². The molecule has 2 atom stereocenters. The monoisotopic (exact) mass is 279 g/mol. The van der Waals surface area contributed by atoms with Gasteiger partial charge in [0, 0.05) is 30.3 Å². The van der Waals surface area contributed by atoms with Crippen molar-refractivity contribution in [3.05, 3.63) is 11.8 Å². The van der Waals surface area contributed by atoms with E-state index in [0.717, 1.165) is 18.5 Å². The van der Waals surface area contributed by atoms with E-state index in [1.165, 1.54) is 12.8 Å². The van der Waals surface area contributed by atoms with Gasteiger partial charge in [-0.15, -0.1) is 0 Å². The largest absolute Gasteiger partial charge is 0.475 e. The van der Waals surface area contributed by atoms with E-state index < -0.39 is 0 Å². The summed E-state index contributed by atoms with van der Waals surface area (Å²) in [6, 6.07) is 2.10. The highest BCUT2D eigenvalue weighted by atomic mass is 16.5. The Hall–Kier alpha value is -1.36. The lowest BCUT2D eigenvalue weighted by Gasteiger charge is -2.30. The molecule has 1 aliphatic carbocycles. The molecule has 112 valence electrons. The first kappa shape index (κ1) is 15.0. The average Bonchev–Trinajstić information content (AvgIpc) is 2.37. The number of nitrogens with zero attached hydrogens (tertiary/aromatic N) is 2. The van der Waals surface area contributed by atoms with Gasteiger partial charge in [-0.25, -0.2) is 4.98 Å². The first-order valence-corrected chi connectivity index (χ1v) is 7.48. The molecule has 0 radical (unpaired) electrons. The molecular weight excluding hydrogens is 254 g/mol. The van der Waals surface area contributed by atoms with E-state index in [2.05, 4.69) is 15.3 Å². The van der Waals surface area contributed by atoms with Gasteiger partial charge in [0.2, 0.25) is 11.8 Å². The first-order valence-electron chi connectivity index (χ1n) is 7.48. The van der Waals surface area contributed by atoms with Crippen molar-refractivity contribution in [1.29, 1.82) is 0 Å². The van der Waals surface area contributed by atoms with E-state index in [1.807, 2.05) is 26.8 Å². The van der Waals surface area contributed by atoms with Crippen molar-refractivity contribution in [3.8, 4) is 5.88 Å². The molecule has 5 nitrogen and oxygen atoms in total. The van der Waals surface area contributed by atoms with Gasteiger partial charge in [0.15, 0.2) is 0 Å². The molecule has 1 aromatic heterocycles. The highest BCUT2D eigenvalue weighted by Gasteiger charge is 2.25.